The Kier molecular flexibility index (Phi) is 3.95. The summed E-state index contributed by atoms with van der Waals surface area (Å²) in [6.45, 7) is 2.76. The number of nitrogens with one attached hydrogen (secondary N) is 1. The summed E-state index contributed by atoms with van der Waals surface area (Å²) in [5.74, 6) is 1.59. The molecule has 118 valence electrons. The Morgan fingerprint density at radius 2 is 2.22 bits per heavy atom. The summed E-state index contributed by atoms with van der Waals surface area (Å²) in [5.41, 5.74) is 2.10. The van der Waals surface area contributed by atoms with E-state index in [0.29, 0.717) is 6.79 Å². The molecule has 0 atom stereocenters. The Balaban J connectivity index is 1.35. The molecule has 1 N–H and O–H groups in total. The fraction of sp³-hybridized carbons (Fsp3) is 0.250. The fourth-order valence-electron chi connectivity index (χ4n) is 2.39. The van der Waals surface area contributed by atoms with E-state index in [0.717, 1.165) is 47.4 Å². The van der Waals surface area contributed by atoms with Gasteiger partial charge in [0.2, 0.25) is 6.79 Å². The highest BCUT2D eigenvalue weighted by molar-refractivity contribution is 7.13. The molecule has 0 bridgehead atoms. The highest BCUT2D eigenvalue weighted by Gasteiger charge is 2.15. The molecule has 3 aromatic rings. The van der Waals surface area contributed by atoms with Crippen molar-refractivity contribution >= 4 is 11.3 Å². The molecule has 0 saturated carbocycles. The van der Waals surface area contributed by atoms with Crippen LogP contribution >= 0.6 is 11.3 Å². The van der Waals surface area contributed by atoms with Crippen molar-refractivity contribution in [2.45, 2.75) is 13.1 Å². The molecular formula is C16H16N4O2S. The van der Waals surface area contributed by atoms with Crippen molar-refractivity contribution in [2.24, 2.45) is 0 Å². The first-order valence-electron chi connectivity index (χ1n) is 7.41. The van der Waals surface area contributed by atoms with Crippen molar-refractivity contribution in [1.82, 2.24) is 20.1 Å². The monoisotopic (exact) mass is 328 g/mol. The number of nitrogens with zero attached hydrogens (tertiary/aromatic N) is 3. The Morgan fingerprint density at radius 3 is 3.13 bits per heavy atom. The number of hydrogen-bond donors (Lipinski definition) is 1. The fourth-order valence-corrected chi connectivity index (χ4v) is 3.21. The van der Waals surface area contributed by atoms with Crippen molar-refractivity contribution in [3.05, 3.63) is 47.7 Å². The Hall–Kier alpha value is -2.38. The Bertz CT molecular complexity index is 785. The first-order valence-corrected chi connectivity index (χ1v) is 8.29. The third kappa shape index (κ3) is 3.20. The highest BCUT2D eigenvalue weighted by Crippen LogP contribution is 2.36. The van der Waals surface area contributed by atoms with E-state index in [4.69, 9.17) is 9.47 Å². The number of ether oxygens (including phenoxy) is 2. The number of thiazole rings is 1. The van der Waals surface area contributed by atoms with Crippen LogP contribution in [0.5, 0.6) is 11.5 Å². The largest absolute Gasteiger partial charge is 0.454 e. The average molecular weight is 328 g/mol. The highest BCUT2D eigenvalue weighted by atomic mass is 32.1. The third-order valence-electron chi connectivity index (χ3n) is 3.55. The van der Waals surface area contributed by atoms with Gasteiger partial charge in [0.15, 0.2) is 11.5 Å². The lowest BCUT2D eigenvalue weighted by Gasteiger charge is -2.03. The number of fused-ring (bicyclic) bond motifs is 1. The van der Waals surface area contributed by atoms with Crippen molar-refractivity contribution in [3.63, 3.8) is 0 Å². The molecule has 0 saturated heterocycles. The quantitative estimate of drug-likeness (QED) is 0.705. The molecule has 0 fully saturated rings. The first kappa shape index (κ1) is 14.2. The van der Waals surface area contributed by atoms with Crippen LogP contribution in [0.25, 0.3) is 10.6 Å². The summed E-state index contributed by atoms with van der Waals surface area (Å²) in [5, 5.41) is 10.6. The minimum absolute atomic E-state index is 0.294. The molecule has 4 rings (SSSR count). The predicted molar refractivity (Wildman–Crippen MR) is 87.6 cm³/mol. The van der Waals surface area contributed by atoms with Gasteiger partial charge in [-0.1, -0.05) is 0 Å². The summed E-state index contributed by atoms with van der Waals surface area (Å²) in [4.78, 5) is 4.68. The molecule has 7 heteroatoms. The van der Waals surface area contributed by atoms with Crippen LogP contribution in [0.3, 0.4) is 0 Å². The zero-order chi connectivity index (χ0) is 15.5. The molecular weight excluding hydrogens is 312 g/mol. The molecule has 0 amide bonds. The van der Waals surface area contributed by atoms with Gasteiger partial charge >= 0.3 is 0 Å². The third-order valence-corrected chi connectivity index (χ3v) is 4.49. The molecule has 0 aliphatic carbocycles. The smallest absolute Gasteiger partial charge is 0.231 e. The van der Waals surface area contributed by atoms with Gasteiger partial charge in [0, 0.05) is 36.4 Å². The van der Waals surface area contributed by atoms with Crippen LogP contribution in [0.2, 0.25) is 0 Å². The van der Waals surface area contributed by atoms with Crippen LogP contribution in [0.1, 0.15) is 5.69 Å². The summed E-state index contributed by atoms with van der Waals surface area (Å²) >= 11 is 1.64. The maximum Gasteiger partial charge on any atom is 0.231 e. The standard InChI is InChI=1S/C16H16N4O2S/c1-4-18-20(6-1)7-5-17-9-13-10-23-16(19-13)12-2-3-14-15(8-12)22-11-21-14/h1-4,6,8,10,17H,5,7,9,11H2. The minimum Gasteiger partial charge on any atom is -0.454 e. The van der Waals surface area contributed by atoms with E-state index in [1.165, 1.54) is 0 Å². The number of aromatic nitrogens is 3. The van der Waals surface area contributed by atoms with Crippen LogP contribution in [0.4, 0.5) is 0 Å². The molecule has 2 aromatic heterocycles. The lowest BCUT2D eigenvalue weighted by atomic mass is 10.2. The van der Waals surface area contributed by atoms with Gasteiger partial charge in [0.05, 0.1) is 12.2 Å². The van der Waals surface area contributed by atoms with Gasteiger partial charge in [0.1, 0.15) is 5.01 Å². The summed E-state index contributed by atoms with van der Waals surface area (Å²) in [7, 11) is 0. The second-order valence-corrected chi connectivity index (χ2v) is 6.02. The zero-order valence-corrected chi connectivity index (χ0v) is 13.3. The van der Waals surface area contributed by atoms with Crippen LogP contribution in [0, 0.1) is 0 Å². The second-order valence-electron chi connectivity index (χ2n) is 5.16. The molecule has 0 radical (unpaired) electrons. The van der Waals surface area contributed by atoms with Crippen molar-refractivity contribution in [3.8, 4) is 22.1 Å². The van der Waals surface area contributed by atoms with E-state index in [9.17, 15) is 0 Å². The number of benzene rings is 1. The summed E-state index contributed by atoms with van der Waals surface area (Å²) < 4.78 is 12.7. The van der Waals surface area contributed by atoms with Gasteiger partial charge in [-0.05, 0) is 24.3 Å². The van der Waals surface area contributed by atoms with Crippen LogP contribution < -0.4 is 14.8 Å². The summed E-state index contributed by atoms with van der Waals surface area (Å²) in [6.07, 6.45) is 3.75. The van der Waals surface area contributed by atoms with Gasteiger partial charge < -0.3 is 14.8 Å². The van der Waals surface area contributed by atoms with E-state index in [1.54, 1.807) is 17.5 Å². The van der Waals surface area contributed by atoms with Gasteiger partial charge in [0.25, 0.3) is 0 Å². The lowest BCUT2D eigenvalue weighted by Crippen LogP contribution is -2.19. The van der Waals surface area contributed by atoms with Gasteiger partial charge in [-0.3, -0.25) is 4.68 Å². The topological polar surface area (TPSA) is 61.2 Å². The molecule has 0 spiro atoms. The van der Waals surface area contributed by atoms with Crippen LogP contribution in [0.15, 0.2) is 42.0 Å². The maximum atomic E-state index is 5.42. The Morgan fingerprint density at radius 1 is 1.26 bits per heavy atom. The van der Waals surface area contributed by atoms with Crippen molar-refractivity contribution < 1.29 is 9.47 Å². The van der Waals surface area contributed by atoms with Crippen molar-refractivity contribution in [1.29, 1.82) is 0 Å². The van der Waals surface area contributed by atoms with E-state index >= 15 is 0 Å². The molecule has 0 unspecified atom stereocenters. The first-order chi connectivity index (χ1) is 11.4. The lowest BCUT2D eigenvalue weighted by molar-refractivity contribution is 0.174. The number of hydrogen-bond acceptors (Lipinski definition) is 6. The normalized spacial score (nSPS) is 12.7. The van der Waals surface area contributed by atoms with Gasteiger partial charge in [-0.15, -0.1) is 11.3 Å². The Labute approximate surface area is 137 Å². The van der Waals surface area contributed by atoms with E-state index in [1.807, 2.05) is 35.1 Å². The molecule has 3 heterocycles. The van der Waals surface area contributed by atoms with E-state index in [2.05, 4.69) is 20.8 Å². The SMILES string of the molecule is c1cnn(CCNCc2csc(-c3ccc4c(c3)OCO4)n2)c1. The van der Waals surface area contributed by atoms with E-state index < -0.39 is 0 Å². The zero-order valence-electron chi connectivity index (χ0n) is 12.4. The molecule has 1 aromatic carbocycles. The maximum absolute atomic E-state index is 5.42. The van der Waals surface area contributed by atoms with Crippen LogP contribution in [-0.2, 0) is 13.1 Å². The molecule has 6 nitrogen and oxygen atoms in total. The minimum atomic E-state index is 0.294. The molecule has 1 aliphatic rings. The van der Waals surface area contributed by atoms with Crippen molar-refractivity contribution in [2.75, 3.05) is 13.3 Å². The number of rotatable bonds is 6. The van der Waals surface area contributed by atoms with E-state index in [-0.39, 0.29) is 0 Å². The van der Waals surface area contributed by atoms with Crippen LogP contribution in [-0.4, -0.2) is 28.1 Å². The predicted octanol–water partition coefficient (Wildman–Crippen LogP) is 2.53. The molecule has 23 heavy (non-hydrogen) atoms. The molecule has 1 aliphatic heterocycles. The van der Waals surface area contributed by atoms with Gasteiger partial charge in [-0.2, -0.15) is 5.10 Å². The van der Waals surface area contributed by atoms with Gasteiger partial charge in [-0.25, -0.2) is 4.98 Å². The summed E-state index contributed by atoms with van der Waals surface area (Å²) in [6, 6.07) is 7.86. The average Bonchev–Trinajstić information content (AvgIpc) is 3.31. The second kappa shape index (κ2) is 6.39.